The molecule has 0 fully saturated rings. The van der Waals surface area contributed by atoms with Crippen molar-refractivity contribution in [3.8, 4) is 0 Å². The molecule has 2 heteroatoms. The summed E-state index contributed by atoms with van der Waals surface area (Å²) < 4.78 is 13.4. The van der Waals surface area contributed by atoms with Crippen LogP contribution in [0.3, 0.4) is 0 Å². The number of hydrogen-bond acceptors (Lipinski definition) is 1. The molecule has 0 radical (unpaired) electrons. The standard InChI is InChI=1S/C18H21FO/c1-13(2)10-14-6-4-7-15(11-14)18(3,20)16-8-5-9-17(19)12-16/h4-9,11-13,20H,10H2,1-3H3. The Bertz CT molecular complexity index is 587. The quantitative estimate of drug-likeness (QED) is 0.880. The molecule has 2 aromatic rings. The van der Waals surface area contributed by atoms with Gasteiger partial charge in [0.05, 0.1) is 0 Å². The number of halogens is 1. The van der Waals surface area contributed by atoms with E-state index in [1.54, 1.807) is 19.1 Å². The Morgan fingerprint density at radius 1 is 1.05 bits per heavy atom. The molecule has 0 aliphatic carbocycles. The van der Waals surface area contributed by atoms with E-state index in [4.69, 9.17) is 0 Å². The Hall–Kier alpha value is -1.67. The lowest BCUT2D eigenvalue weighted by Crippen LogP contribution is -2.23. The van der Waals surface area contributed by atoms with Gasteiger partial charge in [0, 0.05) is 0 Å². The molecule has 0 amide bonds. The third kappa shape index (κ3) is 3.26. The van der Waals surface area contributed by atoms with Gasteiger partial charge in [-0.2, -0.15) is 0 Å². The highest BCUT2D eigenvalue weighted by Gasteiger charge is 2.26. The third-order valence-corrected chi connectivity index (χ3v) is 3.52. The molecular weight excluding hydrogens is 251 g/mol. The molecule has 1 unspecified atom stereocenters. The van der Waals surface area contributed by atoms with Gasteiger partial charge in [0.15, 0.2) is 0 Å². The maximum absolute atomic E-state index is 13.4. The van der Waals surface area contributed by atoms with Crippen LogP contribution in [0.4, 0.5) is 4.39 Å². The second-order valence-electron chi connectivity index (χ2n) is 5.88. The molecule has 0 aliphatic rings. The van der Waals surface area contributed by atoms with Gasteiger partial charge in [0.25, 0.3) is 0 Å². The zero-order valence-corrected chi connectivity index (χ0v) is 12.2. The topological polar surface area (TPSA) is 20.2 Å². The average molecular weight is 272 g/mol. The highest BCUT2D eigenvalue weighted by Crippen LogP contribution is 2.30. The van der Waals surface area contributed by atoms with Crippen molar-refractivity contribution in [2.45, 2.75) is 32.8 Å². The molecule has 0 spiro atoms. The number of aliphatic hydroxyl groups is 1. The van der Waals surface area contributed by atoms with E-state index in [2.05, 4.69) is 19.9 Å². The van der Waals surface area contributed by atoms with E-state index >= 15 is 0 Å². The monoisotopic (exact) mass is 272 g/mol. The van der Waals surface area contributed by atoms with E-state index < -0.39 is 5.60 Å². The average Bonchev–Trinajstić information content (AvgIpc) is 2.38. The van der Waals surface area contributed by atoms with Gasteiger partial charge < -0.3 is 5.11 Å². The van der Waals surface area contributed by atoms with Crippen molar-refractivity contribution in [1.82, 2.24) is 0 Å². The summed E-state index contributed by atoms with van der Waals surface area (Å²) in [6.07, 6.45) is 0.965. The van der Waals surface area contributed by atoms with Crippen LogP contribution in [0, 0.1) is 11.7 Å². The lowest BCUT2D eigenvalue weighted by molar-refractivity contribution is 0.102. The van der Waals surface area contributed by atoms with Crippen LogP contribution in [0.15, 0.2) is 48.5 Å². The smallest absolute Gasteiger partial charge is 0.123 e. The van der Waals surface area contributed by atoms with Gasteiger partial charge in [0.2, 0.25) is 0 Å². The highest BCUT2D eigenvalue weighted by molar-refractivity contribution is 5.37. The van der Waals surface area contributed by atoms with Gasteiger partial charge >= 0.3 is 0 Å². The van der Waals surface area contributed by atoms with Crippen LogP contribution < -0.4 is 0 Å². The Labute approximate surface area is 120 Å². The molecule has 0 aliphatic heterocycles. The van der Waals surface area contributed by atoms with Gasteiger partial charge in [-0.3, -0.25) is 0 Å². The van der Waals surface area contributed by atoms with E-state index in [0.29, 0.717) is 11.5 Å². The minimum absolute atomic E-state index is 0.332. The minimum Gasteiger partial charge on any atom is -0.381 e. The second-order valence-corrected chi connectivity index (χ2v) is 5.88. The molecule has 1 N–H and O–H groups in total. The van der Waals surface area contributed by atoms with E-state index in [1.807, 2.05) is 18.2 Å². The SMILES string of the molecule is CC(C)Cc1cccc(C(C)(O)c2cccc(F)c2)c1. The molecule has 106 valence electrons. The lowest BCUT2D eigenvalue weighted by Gasteiger charge is -2.25. The van der Waals surface area contributed by atoms with Crippen LogP contribution in [0.2, 0.25) is 0 Å². The first-order valence-electron chi connectivity index (χ1n) is 6.97. The van der Waals surface area contributed by atoms with Crippen molar-refractivity contribution >= 4 is 0 Å². The van der Waals surface area contributed by atoms with Crippen LogP contribution in [0.25, 0.3) is 0 Å². The van der Waals surface area contributed by atoms with Crippen molar-refractivity contribution < 1.29 is 9.50 Å². The zero-order chi connectivity index (χ0) is 14.8. The summed E-state index contributed by atoms with van der Waals surface area (Å²) in [6, 6.07) is 14.0. The van der Waals surface area contributed by atoms with Crippen LogP contribution in [-0.2, 0) is 12.0 Å². The predicted octanol–water partition coefficient (Wildman–Crippen LogP) is 4.28. The molecule has 0 heterocycles. The maximum Gasteiger partial charge on any atom is 0.123 e. The first-order chi connectivity index (χ1) is 9.39. The number of hydrogen-bond donors (Lipinski definition) is 1. The maximum atomic E-state index is 13.4. The summed E-state index contributed by atoms with van der Waals surface area (Å²) in [5.41, 5.74) is 1.37. The summed E-state index contributed by atoms with van der Waals surface area (Å²) >= 11 is 0. The van der Waals surface area contributed by atoms with Crippen LogP contribution in [0.5, 0.6) is 0 Å². The first-order valence-corrected chi connectivity index (χ1v) is 6.97. The summed E-state index contributed by atoms with van der Waals surface area (Å²) in [5, 5.41) is 10.8. The summed E-state index contributed by atoms with van der Waals surface area (Å²) in [7, 11) is 0. The van der Waals surface area contributed by atoms with Crippen molar-refractivity contribution in [2.75, 3.05) is 0 Å². The van der Waals surface area contributed by atoms with Crippen molar-refractivity contribution in [1.29, 1.82) is 0 Å². The number of benzene rings is 2. The molecule has 0 saturated carbocycles. The summed E-state index contributed by atoms with van der Waals surface area (Å²) in [5.74, 6) is 0.227. The molecule has 1 atom stereocenters. The molecule has 20 heavy (non-hydrogen) atoms. The Balaban J connectivity index is 2.38. The normalized spacial score (nSPS) is 14.3. The summed E-state index contributed by atoms with van der Waals surface area (Å²) in [4.78, 5) is 0. The zero-order valence-electron chi connectivity index (χ0n) is 12.2. The van der Waals surface area contributed by atoms with Crippen molar-refractivity contribution in [3.63, 3.8) is 0 Å². The van der Waals surface area contributed by atoms with Crippen molar-refractivity contribution in [3.05, 3.63) is 71.0 Å². The minimum atomic E-state index is -1.19. The van der Waals surface area contributed by atoms with Crippen LogP contribution in [-0.4, -0.2) is 5.11 Å². The van der Waals surface area contributed by atoms with E-state index in [-0.39, 0.29) is 5.82 Å². The Kier molecular flexibility index (Phi) is 4.24. The van der Waals surface area contributed by atoms with Gasteiger partial charge in [-0.05, 0) is 48.1 Å². The first kappa shape index (κ1) is 14.7. The lowest BCUT2D eigenvalue weighted by atomic mass is 9.86. The molecule has 0 bridgehead atoms. The van der Waals surface area contributed by atoms with Gasteiger partial charge in [-0.15, -0.1) is 0 Å². The fourth-order valence-electron chi connectivity index (χ4n) is 2.43. The van der Waals surface area contributed by atoms with E-state index in [9.17, 15) is 9.50 Å². The third-order valence-electron chi connectivity index (χ3n) is 3.52. The van der Waals surface area contributed by atoms with E-state index in [0.717, 1.165) is 12.0 Å². The van der Waals surface area contributed by atoms with Gasteiger partial charge in [-0.1, -0.05) is 50.2 Å². The molecular formula is C18H21FO. The second kappa shape index (κ2) is 5.76. The van der Waals surface area contributed by atoms with Crippen LogP contribution in [0.1, 0.15) is 37.5 Å². The summed E-state index contributed by atoms with van der Waals surface area (Å²) in [6.45, 7) is 6.03. The molecule has 0 aromatic heterocycles. The Morgan fingerprint density at radius 3 is 2.25 bits per heavy atom. The van der Waals surface area contributed by atoms with Gasteiger partial charge in [0.1, 0.15) is 11.4 Å². The molecule has 2 aromatic carbocycles. The highest BCUT2D eigenvalue weighted by atomic mass is 19.1. The van der Waals surface area contributed by atoms with Gasteiger partial charge in [-0.25, -0.2) is 4.39 Å². The molecule has 1 nitrogen and oxygen atoms in total. The fraction of sp³-hybridized carbons (Fsp3) is 0.333. The molecule has 0 saturated heterocycles. The van der Waals surface area contributed by atoms with Crippen molar-refractivity contribution in [2.24, 2.45) is 5.92 Å². The Morgan fingerprint density at radius 2 is 1.65 bits per heavy atom. The number of rotatable bonds is 4. The predicted molar refractivity (Wildman–Crippen MR) is 80.1 cm³/mol. The largest absolute Gasteiger partial charge is 0.381 e. The fourth-order valence-corrected chi connectivity index (χ4v) is 2.43. The molecule has 2 rings (SSSR count). The van der Waals surface area contributed by atoms with E-state index in [1.165, 1.54) is 17.7 Å². The van der Waals surface area contributed by atoms with Crippen LogP contribution >= 0.6 is 0 Å².